The minimum atomic E-state index is 0.0658. The molecule has 0 aromatic heterocycles. The molecule has 0 spiro atoms. The highest BCUT2D eigenvalue weighted by Gasteiger charge is 2.01. The number of carbonyl (C=O) groups excluding carboxylic acids is 1. The van der Waals surface area contributed by atoms with Gasteiger partial charge in [-0.3, -0.25) is 4.79 Å². The van der Waals surface area contributed by atoms with E-state index in [9.17, 15) is 4.79 Å². The van der Waals surface area contributed by atoms with E-state index in [0.717, 1.165) is 6.61 Å². The van der Waals surface area contributed by atoms with Crippen LogP contribution >= 0.6 is 0 Å². The van der Waals surface area contributed by atoms with Crippen molar-refractivity contribution in [1.29, 1.82) is 0 Å². The molecule has 0 aromatic rings. The van der Waals surface area contributed by atoms with Crippen LogP contribution < -0.4 is 10.6 Å². The van der Waals surface area contributed by atoms with Crippen LogP contribution in [0, 0.1) is 0 Å². The summed E-state index contributed by atoms with van der Waals surface area (Å²) in [6.07, 6.45) is 0.521. The maximum Gasteiger partial charge on any atom is 0.221 e. The molecular weight excluding hydrogens is 168 g/mol. The minimum absolute atomic E-state index is 0.0658. The van der Waals surface area contributed by atoms with Crippen molar-refractivity contribution in [3.63, 3.8) is 0 Å². The molecule has 0 aliphatic heterocycles. The van der Waals surface area contributed by atoms with Crippen LogP contribution in [0.15, 0.2) is 0 Å². The second kappa shape index (κ2) is 8.01. The van der Waals surface area contributed by atoms with E-state index in [0.29, 0.717) is 25.6 Å². The van der Waals surface area contributed by atoms with Gasteiger partial charge in [-0.25, -0.2) is 0 Å². The molecule has 4 nitrogen and oxygen atoms in total. The lowest BCUT2D eigenvalue weighted by atomic mass is 10.3. The third-order valence-corrected chi connectivity index (χ3v) is 1.70. The second-order valence-corrected chi connectivity index (χ2v) is 2.94. The fraction of sp³-hybridized carbons (Fsp3) is 0.889. The van der Waals surface area contributed by atoms with Gasteiger partial charge in [0.15, 0.2) is 0 Å². The Morgan fingerprint density at radius 1 is 1.54 bits per heavy atom. The summed E-state index contributed by atoms with van der Waals surface area (Å²) >= 11 is 0. The molecule has 0 saturated carbocycles. The number of nitrogens with one attached hydrogen (secondary N) is 2. The molecular formula is C9H20N2O2. The molecule has 1 amide bonds. The summed E-state index contributed by atoms with van der Waals surface area (Å²) in [6.45, 7) is 6.15. The summed E-state index contributed by atoms with van der Waals surface area (Å²) in [4.78, 5) is 10.8. The topological polar surface area (TPSA) is 50.4 Å². The van der Waals surface area contributed by atoms with Gasteiger partial charge in [0.25, 0.3) is 0 Å². The Bertz CT molecular complexity index is 140. The van der Waals surface area contributed by atoms with Gasteiger partial charge in [0, 0.05) is 32.7 Å². The van der Waals surface area contributed by atoms with Crippen LogP contribution in [0.5, 0.6) is 0 Å². The van der Waals surface area contributed by atoms with Crippen molar-refractivity contribution in [3.05, 3.63) is 0 Å². The molecule has 0 radical (unpaired) electrons. The molecule has 0 aliphatic carbocycles. The standard InChI is InChI=1S/C9H20N2O2/c1-4-13-7-8(2)11-6-5-9(12)10-3/h8,11H,4-7H2,1-3H3,(H,10,12). The van der Waals surface area contributed by atoms with E-state index < -0.39 is 0 Å². The molecule has 78 valence electrons. The second-order valence-electron chi connectivity index (χ2n) is 2.94. The first-order valence-electron chi connectivity index (χ1n) is 4.72. The summed E-state index contributed by atoms with van der Waals surface area (Å²) in [5.41, 5.74) is 0. The lowest BCUT2D eigenvalue weighted by molar-refractivity contribution is -0.120. The SMILES string of the molecule is CCOCC(C)NCCC(=O)NC. The van der Waals surface area contributed by atoms with Crippen LogP contribution in [0.2, 0.25) is 0 Å². The van der Waals surface area contributed by atoms with Gasteiger partial charge in [0.05, 0.1) is 6.61 Å². The Hall–Kier alpha value is -0.610. The highest BCUT2D eigenvalue weighted by atomic mass is 16.5. The molecule has 1 unspecified atom stereocenters. The van der Waals surface area contributed by atoms with Crippen LogP contribution in [-0.4, -0.2) is 38.8 Å². The molecule has 0 heterocycles. The van der Waals surface area contributed by atoms with E-state index in [1.165, 1.54) is 0 Å². The number of ether oxygens (including phenoxy) is 1. The number of hydrogen-bond acceptors (Lipinski definition) is 3. The zero-order valence-corrected chi connectivity index (χ0v) is 8.72. The third kappa shape index (κ3) is 7.74. The van der Waals surface area contributed by atoms with Crippen molar-refractivity contribution in [2.75, 3.05) is 26.8 Å². The fourth-order valence-corrected chi connectivity index (χ4v) is 0.911. The first kappa shape index (κ1) is 12.4. The van der Waals surface area contributed by atoms with E-state index in [1.807, 2.05) is 13.8 Å². The quantitative estimate of drug-likeness (QED) is 0.597. The number of rotatable bonds is 7. The zero-order valence-electron chi connectivity index (χ0n) is 8.72. The molecule has 0 bridgehead atoms. The Balaban J connectivity index is 3.26. The van der Waals surface area contributed by atoms with Crippen molar-refractivity contribution in [3.8, 4) is 0 Å². The lowest BCUT2D eigenvalue weighted by Crippen LogP contribution is -2.33. The normalized spacial score (nSPS) is 12.5. The van der Waals surface area contributed by atoms with Crippen molar-refractivity contribution in [1.82, 2.24) is 10.6 Å². The van der Waals surface area contributed by atoms with Gasteiger partial charge in [-0.2, -0.15) is 0 Å². The molecule has 2 N–H and O–H groups in total. The average Bonchev–Trinajstić information content (AvgIpc) is 2.14. The Labute approximate surface area is 80.0 Å². The first-order chi connectivity index (χ1) is 6.20. The van der Waals surface area contributed by atoms with Crippen LogP contribution in [0.3, 0.4) is 0 Å². The molecule has 0 aliphatic rings. The van der Waals surface area contributed by atoms with Crippen molar-refractivity contribution in [2.45, 2.75) is 26.3 Å². The average molecular weight is 188 g/mol. The molecule has 1 atom stereocenters. The maximum atomic E-state index is 10.8. The van der Waals surface area contributed by atoms with E-state index in [1.54, 1.807) is 7.05 Å². The van der Waals surface area contributed by atoms with E-state index in [2.05, 4.69) is 10.6 Å². The van der Waals surface area contributed by atoms with Crippen LogP contribution in [-0.2, 0) is 9.53 Å². The largest absolute Gasteiger partial charge is 0.380 e. The van der Waals surface area contributed by atoms with Gasteiger partial charge in [-0.05, 0) is 13.8 Å². The highest BCUT2D eigenvalue weighted by Crippen LogP contribution is 1.85. The Morgan fingerprint density at radius 3 is 2.77 bits per heavy atom. The number of amides is 1. The van der Waals surface area contributed by atoms with E-state index in [4.69, 9.17) is 4.74 Å². The van der Waals surface area contributed by atoms with E-state index >= 15 is 0 Å². The lowest BCUT2D eigenvalue weighted by Gasteiger charge is -2.12. The predicted octanol–water partition coefficient (Wildman–Crippen LogP) is 0.137. The van der Waals surface area contributed by atoms with Gasteiger partial charge in [-0.15, -0.1) is 0 Å². The maximum absolute atomic E-state index is 10.8. The van der Waals surface area contributed by atoms with Crippen molar-refractivity contribution in [2.24, 2.45) is 0 Å². The molecule has 13 heavy (non-hydrogen) atoms. The third-order valence-electron chi connectivity index (χ3n) is 1.70. The Morgan fingerprint density at radius 2 is 2.23 bits per heavy atom. The summed E-state index contributed by atoms with van der Waals surface area (Å²) in [6, 6.07) is 0.310. The van der Waals surface area contributed by atoms with Crippen LogP contribution in [0.25, 0.3) is 0 Å². The number of carbonyl (C=O) groups is 1. The van der Waals surface area contributed by atoms with Gasteiger partial charge in [0.2, 0.25) is 5.91 Å². The summed E-state index contributed by atoms with van der Waals surface area (Å²) in [5.74, 6) is 0.0658. The Kier molecular flexibility index (Phi) is 7.63. The molecule has 0 rings (SSSR count). The monoisotopic (exact) mass is 188 g/mol. The highest BCUT2D eigenvalue weighted by molar-refractivity contribution is 5.75. The molecule has 4 heteroatoms. The van der Waals surface area contributed by atoms with Gasteiger partial charge >= 0.3 is 0 Å². The number of hydrogen-bond donors (Lipinski definition) is 2. The minimum Gasteiger partial charge on any atom is -0.380 e. The van der Waals surface area contributed by atoms with Gasteiger partial charge in [-0.1, -0.05) is 0 Å². The van der Waals surface area contributed by atoms with Crippen LogP contribution in [0.4, 0.5) is 0 Å². The summed E-state index contributed by atoms with van der Waals surface area (Å²) < 4.78 is 5.22. The molecule has 0 saturated heterocycles. The van der Waals surface area contributed by atoms with Crippen molar-refractivity contribution < 1.29 is 9.53 Å². The predicted molar refractivity (Wildman–Crippen MR) is 52.6 cm³/mol. The van der Waals surface area contributed by atoms with E-state index in [-0.39, 0.29) is 5.91 Å². The molecule has 0 aromatic carbocycles. The fourth-order valence-electron chi connectivity index (χ4n) is 0.911. The smallest absolute Gasteiger partial charge is 0.221 e. The molecule has 0 fully saturated rings. The summed E-state index contributed by atoms with van der Waals surface area (Å²) in [5, 5.41) is 5.77. The summed E-state index contributed by atoms with van der Waals surface area (Å²) in [7, 11) is 1.64. The van der Waals surface area contributed by atoms with Gasteiger partial charge in [0.1, 0.15) is 0 Å². The van der Waals surface area contributed by atoms with Crippen LogP contribution in [0.1, 0.15) is 20.3 Å². The zero-order chi connectivity index (χ0) is 10.1. The first-order valence-corrected chi connectivity index (χ1v) is 4.72. The van der Waals surface area contributed by atoms with Crippen molar-refractivity contribution >= 4 is 5.91 Å². The van der Waals surface area contributed by atoms with Gasteiger partial charge < -0.3 is 15.4 Å².